The lowest BCUT2D eigenvalue weighted by molar-refractivity contribution is 0.389. The van der Waals surface area contributed by atoms with Gasteiger partial charge in [-0.25, -0.2) is 0 Å². The Balaban J connectivity index is 2.50. The summed E-state index contributed by atoms with van der Waals surface area (Å²) in [6.45, 7) is 10.1. The summed E-state index contributed by atoms with van der Waals surface area (Å²) in [5, 5.41) is 4.76. The highest BCUT2D eigenvalue weighted by Gasteiger charge is 2.27. The minimum atomic E-state index is 0.276. The van der Waals surface area contributed by atoms with Crippen molar-refractivity contribution < 1.29 is 0 Å². The molecule has 1 rings (SSSR count). The maximum Gasteiger partial charge on any atom is 0.156 e. The molecule has 1 atom stereocenters. The van der Waals surface area contributed by atoms with E-state index in [1.807, 2.05) is 11.8 Å². The smallest absolute Gasteiger partial charge is 0.156 e. The van der Waals surface area contributed by atoms with Crippen LogP contribution in [-0.4, -0.2) is 23.0 Å². The first kappa shape index (κ1) is 13.9. The average Bonchev–Trinajstić information content (AvgIpc) is 2.31. The van der Waals surface area contributed by atoms with Gasteiger partial charge in [0.2, 0.25) is 0 Å². The summed E-state index contributed by atoms with van der Waals surface area (Å²) in [5.74, 6) is 1.96. The molecule has 2 nitrogen and oxygen atoms in total. The Hall–Kier alpha value is -0.180. The van der Waals surface area contributed by atoms with Gasteiger partial charge >= 0.3 is 0 Å². The number of rotatable bonds is 5. The van der Waals surface area contributed by atoms with Gasteiger partial charge in [-0.15, -0.1) is 0 Å². The van der Waals surface area contributed by atoms with Crippen LogP contribution in [0.1, 0.15) is 53.4 Å². The fraction of sp³-hybridized carbons (Fsp3) is 0.923. The molecule has 0 radical (unpaired) electrons. The monoisotopic (exact) mass is 242 g/mol. The molecule has 1 N–H and O–H groups in total. The van der Waals surface area contributed by atoms with Crippen molar-refractivity contribution in [2.45, 2.75) is 58.9 Å². The Morgan fingerprint density at radius 2 is 2.06 bits per heavy atom. The topological polar surface area (TPSA) is 24.4 Å². The largest absolute Gasteiger partial charge is 0.360 e. The van der Waals surface area contributed by atoms with E-state index in [9.17, 15) is 0 Å². The highest BCUT2D eigenvalue weighted by molar-refractivity contribution is 8.13. The van der Waals surface area contributed by atoms with E-state index in [1.165, 1.54) is 36.6 Å². The summed E-state index contributed by atoms with van der Waals surface area (Å²) >= 11 is 1.88. The molecule has 1 saturated heterocycles. The van der Waals surface area contributed by atoms with Crippen LogP contribution in [0.2, 0.25) is 0 Å². The minimum absolute atomic E-state index is 0.276. The van der Waals surface area contributed by atoms with E-state index in [1.54, 1.807) is 0 Å². The maximum atomic E-state index is 4.74. The normalized spacial score (nSPS) is 28.4. The zero-order valence-corrected chi connectivity index (χ0v) is 12.0. The highest BCUT2D eigenvalue weighted by atomic mass is 32.2. The maximum absolute atomic E-state index is 4.74. The molecule has 16 heavy (non-hydrogen) atoms. The highest BCUT2D eigenvalue weighted by Crippen LogP contribution is 2.25. The average molecular weight is 242 g/mol. The van der Waals surface area contributed by atoms with E-state index >= 15 is 0 Å². The molecule has 1 aliphatic rings. The van der Waals surface area contributed by atoms with E-state index in [2.05, 4.69) is 33.0 Å². The van der Waals surface area contributed by atoms with Crippen LogP contribution in [0.3, 0.4) is 0 Å². The summed E-state index contributed by atoms with van der Waals surface area (Å²) in [4.78, 5) is 4.74. The number of nitrogens with one attached hydrogen (secondary N) is 1. The summed E-state index contributed by atoms with van der Waals surface area (Å²) in [6.07, 6.45) is 4.90. The Kier molecular flexibility index (Phi) is 5.67. The number of nitrogens with zero attached hydrogens (tertiary/aromatic N) is 1. The van der Waals surface area contributed by atoms with Gasteiger partial charge in [0.1, 0.15) is 0 Å². The summed E-state index contributed by atoms with van der Waals surface area (Å²) in [7, 11) is 0. The van der Waals surface area contributed by atoms with Crippen molar-refractivity contribution in [3.05, 3.63) is 0 Å². The van der Waals surface area contributed by atoms with E-state index < -0.39 is 0 Å². The van der Waals surface area contributed by atoms with Crippen LogP contribution in [0, 0.1) is 5.92 Å². The summed E-state index contributed by atoms with van der Waals surface area (Å²) in [6, 6.07) is 0. The van der Waals surface area contributed by atoms with Crippen LogP contribution in [0.4, 0.5) is 0 Å². The van der Waals surface area contributed by atoms with Crippen molar-refractivity contribution in [1.82, 2.24) is 5.32 Å². The quantitative estimate of drug-likeness (QED) is 0.795. The van der Waals surface area contributed by atoms with Crippen molar-refractivity contribution in [3.8, 4) is 0 Å². The molecule has 0 aromatic rings. The molecule has 1 heterocycles. The Bertz CT molecular complexity index is 236. The Morgan fingerprint density at radius 1 is 1.38 bits per heavy atom. The molecule has 0 saturated carbocycles. The van der Waals surface area contributed by atoms with Gasteiger partial charge in [-0.3, -0.25) is 4.99 Å². The minimum Gasteiger partial charge on any atom is -0.360 e. The first-order valence-electron chi connectivity index (χ1n) is 6.59. The zero-order valence-electron chi connectivity index (χ0n) is 11.2. The lowest BCUT2D eigenvalue weighted by atomic mass is 9.96. The zero-order chi connectivity index (χ0) is 12.0. The van der Waals surface area contributed by atoms with Gasteiger partial charge in [0, 0.05) is 17.8 Å². The van der Waals surface area contributed by atoms with E-state index in [-0.39, 0.29) is 5.54 Å². The third kappa shape index (κ3) is 4.00. The van der Waals surface area contributed by atoms with Crippen LogP contribution in [0.15, 0.2) is 4.99 Å². The third-order valence-corrected chi connectivity index (χ3v) is 4.64. The molecule has 3 heteroatoms. The van der Waals surface area contributed by atoms with Crippen molar-refractivity contribution >= 4 is 16.9 Å². The second-order valence-electron chi connectivity index (χ2n) is 4.97. The first-order valence-corrected chi connectivity index (χ1v) is 7.57. The summed E-state index contributed by atoms with van der Waals surface area (Å²) in [5.41, 5.74) is 0.276. The summed E-state index contributed by atoms with van der Waals surface area (Å²) < 4.78 is 0. The standard InChI is InChI=1S/C13H26N2S/c1-5-11(6-2)10-14-12-15-13(4,7-3)8-9-16-12/h11H,5-10H2,1-4H3,(H,14,15). The van der Waals surface area contributed by atoms with Crippen LogP contribution in [-0.2, 0) is 0 Å². The lowest BCUT2D eigenvalue weighted by Crippen LogP contribution is -2.48. The van der Waals surface area contributed by atoms with Gasteiger partial charge in [-0.2, -0.15) is 0 Å². The fourth-order valence-electron chi connectivity index (χ4n) is 1.84. The van der Waals surface area contributed by atoms with E-state index in [4.69, 9.17) is 4.99 Å². The number of hydrogen-bond donors (Lipinski definition) is 1. The van der Waals surface area contributed by atoms with Crippen LogP contribution >= 0.6 is 11.8 Å². The second kappa shape index (κ2) is 6.53. The number of amidine groups is 1. The van der Waals surface area contributed by atoms with E-state index in [0.29, 0.717) is 0 Å². The van der Waals surface area contributed by atoms with Crippen LogP contribution in [0.5, 0.6) is 0 Å². The van der Waals surface area contributed by atoms with Gasteiger partial charge in [0.25, 0.3) is 0 Å². The Labute approximate surface area is 105 Å². The van der Waals surface area contributed by atoms with Gasteiger partial charge in [-0.05, 0) is 25.7 Å². The molecule has 0 aromatic carbocycles. The Morgan fingerprint density at radius 3 is 2.62 bits per heavy atom. The number of aliphatic imine (C=N–C) groups is 1. The van der Waals surface area contributed by atoms with Gasteiger partial charge in [0.15, 0.2) is 5.17 Å². The molecule has 94 valence electrons. The van der Waals surface area contributed by atoms with Gasteiger partial charge < -0.3 is 5.32 Å². The van der Waals surface area contributed by atoms with Crippen molar-refractivity contribution in [3.63, 3.8) is 0 Å². The SMILES string of the molecule is CCC(CC)CN=C1NC(C)(CC)CCS1. The predicted molar refractivity (Wildman–Crippen MR) is 75.3 cm³/mol. The van der Waals surface area contributed by atoms with Gasteiger partial charge in [-0.1, -0.05) is 45.4 Å². The predicted octanol–water partition coefficient (Wildman–Crippen LogP) is 3.67. The molecule has 0 aromatic heterocycles. The molecule has 1 fully saturated rings. The van der Waals surface area contributed by atoms with Crippen molar-refractivity contribution in [2.24, 2.45) is 10.9 Å². The molecular formula is C13H26N2S. The number of hydrogen-bond acceptors (Lipinski definition) is 2. The molecule has 1 unspecified atom stereocenters. The molecule has 0 bridgehead atoms. The lowest BCUT2D eigenvalue weighted by Gasteiger charge is -2.35. The van der Waals surface area contributed by atoms with Crippen molar-refractivity contribution in [2.75, 3.05) is 12.3 Å². The first-order chi connectivity index (χ1) is 7.63. The van der Waals surface area contributed by atoms with Crippen LogP contribution < -0.4 is 5.32 Å². The second-order valence-corrected chi connectivity index (χ2v) is 6.05. The van der Waals surface area contributed by atoms with Gasteiger partial charge in [0.05, 0.1) is 0 Å². The van der Waals surface area contributed by atoms with Crippen LogP contribution in [0.25, 0.3) is 0 Å². The molecule has 0 amide bonds. The molecule has 0 spiro atoms. The third-order valence-electron chi connectivity index (χ3n) is 3.73. The number of thioether (sulfide) groups is 1. The van der Waals surface area contributed by atoms with Crippen molar-refractivity contribution in [1.29, 1.82) is 0 Å². The molecule has 0 aliphatic carbocycles. The fourth-order valence-corrected chi connectivity index (χ4v) is 3.07. The molecule has 1 aliphatic heterocycles. The molecular weight excluding hydrogens is 216 g/mol. The van der Waals surface area contributed by atoms with E-state index in [0.717, 1.165) is 12.5 Å².